The largest absolute Gasteiger partial charge is 0.363 e. The van der Waals surface area contributed by atoms with Gasteiger partial charge in [0.05, 0.1) is 0 Å². The molecule has 3 rings (SSSR count). The maximum absolute atomic E-state index is 12.0. The van der Waals surface area contributed by atoms with Crippen LogP contribution in [0.15, 0.2) is 28.3 Å². The van der Waals surface area contributed by atoms with Crippen LogP contribution in [0.5, 0.6) is 0 Å². The normalized spacial score (nSPS) is 10.5. The molecule has 0 aliphatic carbocycles. The van der Waals surface area contributed by atoms with Crippen molar-refractivity contribution in [2.45, 2.75) is 13.8 Å². The van der Waals surface area contributed by atoms with E-state index in [9.17, 15) is 4.79 Å². The Morgan fingerprint density at radius 2 is 2.00 bits per heavy atom. The van der Waals surface area contributed by atoms with Crippen LogP contribution in [0.2, 0.25) is 0 Å². The molecule has 0 aliphatic heterocycles. The molecule has 3 aromatic rings. The van der Waals surface area contributed by atoms with Crippen molar-refractivity contribution in [1.29, 1.82) is 0 Å². The zero-order valence-electron chi connectivity index (χ0n) is 11.8. The SMILES string of the molecule is Cc1cc(C)nc(Nc2nc(C(=O)Nc3ccon3)cs2)n1. The topological polar surface area (TPSA) is 106 Å². The Balaban J connectivity index is 1.72. The molecule has 112 valence electrons. The van der Waals surface area contributed by atoms with Crippen LogP contribution in [-0.4, -0.2) is 26.0 Å². The second-order valence-corrected chi connectivity index (χ2v) is 5.33. The smallest absolute Gasteiger partial charge is 0.276 e. The molecule has 3 aromatic heterocycles. The van der Waals surface area contributed by atoms with E-state index in [1.807, 2.05) is 19.9 Å². The van der Waals surface area contributed by atoms with E-state index < -0.39 is 0 Å². The van der Waals surface area contributed by atoms with Crippen LogP contribution in [0.3, 0.4) is 0 Å². The minimum atomic E-state index is -0.362. The molecule has 3 heterocycles. The van der Waals surface area contributed by atoms with Gasteiger partial charge in [0.15, 0.2) is 10.9 Å². The number of amides is 1. The van der Waals surface area contributed by atoms with Gasteiger partial charge in [-0.2, -0.15) is 0 Å². The van der Waals surface area contributed by atoms with Gasteiger partial charge in [-0.05, 0) is 19.9 Å². The molecule has 0 aliphatic rings. The molecular formula is C13H12N6O2S. The van der Waals surface area contributed by atoms with Crippen LogP contribution in [0.25, 0.3) is 0 Å². The van der Waals surface area contributed by atoms with Crippen molar-refractivity contribution >= 4 is 34.1 Å². The number of anilines is 3. The third kappa shape index (κ3) is 3.26. The van der Waals surface area contributed by atoms with Gasteiger partial charge in [-0.15, -0.1) is 11.3 Å². The summed E-state index contributed by atoms with van der Waals surface area (Å²) >= 11 is 1.29. The minimum Gasteiger partial charge on any atom is -0.363 e. The maximum atomic E-state index is 12.0. The van der Waals surface area contributed by atoms with Gasteiger partial charge in [-0.25, -0.2) is 15.0 Å². The molecule has 9 heteroatoms. The summed E-state index contributed by atoms with van der Waals surface area (Å²) in [5.74, 6) is 0.431. The van der Waals surface area contributed by atoms with E-state index in [4.69, 9.17) is 0 Å². The number of aromatic nitrogens is 4. The molecule has 8 nitrogen and oxygen atoms in total. The van der Waals surface area contributed by atoms with Crippen LogP contribution in [-0.2, 0) is 0 Å². The van der Waals surface area contributed by atoms with E-state index in [1.165, 1.54) is 17.6 Å². The zero-order valence-corrected chi connectivity index (χ0v) is 12.6. The Hall–Kier alpha value is -2.81. The monoisotopic (exact) mass is 316 g/mol. The summed E-state index contributed by atoms with van der Waals surface area (Å²) < 4.78 is 4.65. The Kier molecular flexibility index (Phi) is 3.79. The lowest BCUT2D eigenvalue weighted by atomic mass is 10.4. The first-order valence-corrected chi connectivity index (χ1v) is 7.25. The summed E-state index contributed by atoms with van der Waals surface area (Å²) in [4.78, 5) is 24.7. The van der Waals surface area contributed by atoms with Gasteiger partial charge in [0.1, 0.15) is 12.0 Å². The summed E-state index contributed by atoms with van der Waals surface area (Å²) in [5, 5.41) is 11.4. The van der Waals surface area contributed by atoms with Gasteiger partial charge in [-0.1, -0.05) is 5.16 Å². The number of carbonyl (C=O) groups is 1. The number of thiazole rings is 1. The van der Waals surface area contributed by atoms with Crippen molar-refractivity contribution in [1.82, 2.24) is 20.1 Å². The number of hydrogen-bond acceptors (Lipinski definition) is 8. The van der Waals surface area contributed by atoms with Crippen molar-refractivity contribution in [3.8, 4) is 0 Å². The molecule has 1 amide bonds. The third-order valence-electron chi connectivity index (χ3n) is 2.62. The average molecular weight is 316 g/mol. The van der Waals surface area contributed by atoms with E-state index >= 15 is 0 Å². The highest BCUT2D eigenvalue weighted by atomic mass is 32.1. The van der Waals surface area contributed by atoms with Gasteiger partial charge < -0.3 is 15.2 Å². The molecule has 22 heavy (non-hydrogen) atoms. The van der Waals surface area contributed by atoms with Gasteiger partial charge in [0.25, 0.3) is 5.91 Å². The van der Waals surface area contributed by atoms with E-state index in [0.717, 1.165) is 11.4 Å². The lowest BCUT2D eigenvalue weighted by Gasteiger charge is -2.03. The number of rotatable bonds is 4. The highest BCUT2D eigenvalue weighted by Gasteiger charge is 2.13. The Bertz CT molecular complexity index is 778. The second kappa shape index (κ2) is 5.90. The fraction of sp³-hybridized carbons (Fsp3) is 0.154. The fourth-order valence-electron chi connectivity index (χ4n) is 1.77. The summed E-state index contributed by atoms with van der Waals surface area (Å²) in [6.07, 6.45) is 1.38. The predicted molar refractivity (Wildman–Crippen MR) is 81.4 cm³/mol. The summed E-state index contributed by atoms with van der Waals surface area (Å²) in [6, 6.07) is 3.43. The fourth-order valence-corrected chi connectivity index (χ4v) is 2.45. The first-order chi connectivity index (χ1) is 10.6. The van der Waals surface area contributed by atoms with Crippen molar-refractivity contribution in [2.75, 3.05) is 10.6 Å². The van der Waals surface area contributed by atoms with E-state index in [-0.39, 0.29) is 11.6 Å². The van der Waals surface area contributed by atoms with Crippen LogP contribution in [0.1, 0.15) is 21.9 Å². The van der Waals surface area contributed by atoms with E-state index in [2.05, 4.69) is 35.3 Å². The van der Waals surface area contributed by atoms with Crippen LogP contribution in [0, 0.1) is 13.8 Å². The molecular weight excluding hydrogens is 304 g/mol. The molecule has 0 saturated carbocycles. The number of aryl methyl sites for hydroxylation is 2. The van der Waals surface area contributed by atoms with Crippen LogP contribution in [0.4, 0.5) is 16.9 Å². The Morgan fingerprint density at radius 3 is 2.68 bits per heavy atom. The summed E-state index contributed by atoms with van der Waals surface area (Å²) in [6.45, 7) is 3.77. The molecule has 2 N–H and O–H groups in total. The van der Waals surface area contributed by atoms with Gasteiger partial charge in [0.2, 0.25) is 5.95 Å². The Labute approximate surface area is 129 Å². The standard InChI is InChI=1S/C13H12N6O2S/c1-7-5-8(2)15-12(14-7)18-13-16-9(6-22-13)11(20)17-10-3-4-21-19-10/h3-6H,1-2H3,(H,17,19,20)(H,14,15,16,18). The van der Waals surface area contributed by atoms with Crippen molar-refractivity contribution in [2.24, 2.45) is 0 Å². The van der Waals surface area contributed by atoms with Gasteiger partial charge >= 0.3 is 0 Å². The van der Waals surface area contributed by atoms with E-state index in [1.54, 1.807) is 11.4 Å². The first kappa shape index (κ1) is 14.1. The Morgan fingerprint density at radius 1 is 1.23 bits per heavy atom. The van der Waals surface area contributed by atoms with Crippen molar-refractivity contribution in [3.05, 3.63) is 40.9 Å². The van der Waals surface area contributed by atoms with Crippen molar-refractivity contribution < 1.29 is 9.32 Å². The predicted octanol–water partition coefficient (Wildman–Crippen LogP) is 2.53. The quantitative estimate of drug-likeness (QED) is 0.761. The van der Waals surface area contributed by atoms with Gasteiger partial charge in [0, 0.05) is 22.8 Å². The van der Waals surface area contributed by atoms with Crippen LogP contribution >= 0.6 is 11.3 Å². The number of carbonyl (C=O) groups excluding carboxylic acids is 1. The molecule has 0 aromatic carbocycles. The molecule has 0 unspecified atom stereocenters. The molecule has 0 radical (unpaired) electrons. The first-order valence-electron chi connectivity index (χ1n) is 6.37. The lowest BCUT2D eigenvalue weighted by molar-refractivity contribution is 0.102. The molecule has 0 spiro atoms. The zero-order chi connectivity index (χ0) is 15.5. The summed E-state index contributed by atoms with van der Waals surface area (Å²) in [7, 11) is 0. The number of nitrogens with zero attached hydrogens (tertiary/aromatic N) is 4. The molecule has 0 atom stereocenters. The maximum Gasteiger partial charge on any atom is 0.276 e. The highest BCUT2D eigenvalue weighted by Crippen LogP contribution is 2.20. The average Bonchev–Trinajstić information content (AvgIpc) is 3.09. The molecule has 0 fully saturated rings. The van der Waals surface area contributed by atoms with Crippen LogP contribution < -0.4 is 10.6 Å². The second-order valence-electron chi connectivity index (χ2n) is 4.48. The van der Waals surface area contributed by atoms with E-state index in [0.29, 0.717) is 16.9 Å². The third-order valence-corrected chi connectivity index (χ3v) is 3.37. The molecule has 0 saturated heterocycles. The lowest BCUT2D eigenvalue weighted by Crippen LogP contribution is -2.12. The van der Waals surface area contributed by atoms with Gasteiger partial charge in [-0.3, -0.25) is 4.79 Å². The number of nitrogens with one attached hydrogen (secondary N) is 2. The van der Waals surface area contributed by atoms with Crippen molar-refractivity contribution in [3.63, 3.8) is 0 Å². The summed E-state index contributed by atoms with van der Waals surface area (Å²) in [5.41, 5.74) is 1.99. The molecule has 0 bridgehead atoms. The number of hydrogen-bond donors (Lipinski definition) is 2. The minimum absolute atomic E-state index is 0.278. The highest BCUT2D eigenvalue weighted by molar-refractivity contribution is 7.14.